The number of Topliss-reactive ketones (excluding diaryl/α,β-unsaturated/α-hetero) is 1. The molecule has 2 heterocycles. The summed E-state index contributed by atoms with van der Waals surface area (Å²) in [5.74, 6) is -2.97. The predicted molar refractivity (Wildman–Crippen MR) is 89.0 cm³/mol. The molecule has 1 saturated heterocycles. The fraction of sp³-hybridized carbons (Fsp3) is 0.250. The lowest BCUT2D eigenvalue weighted by Crippen LogP contribution is -2.72. The molecule has 1 aliphatic rings. The van der Waals surface area contributed by atoms with E-state index in [0.29, 0.717) is 5.02 Å². The molecule has 3 N–H and O–H groups in total. The zero-order valence-electron chi connectivity index (χ0n) is 12.9. The first-order valence-corrected chi connectivity index (χ1v) is 8.60. The molecule has 138 valence electrons. The second-order valence-electron chi connectivity index (χ2n) is 5.71. The molecule has 0 spiro atoms. The van der Waals surface area contributed by atoms with Crippen molar-refractivity contribution in [2.75, 3.05) is 0 Å². The largest absolute Gasteiger partial charge is 0.437 e. The van der Waals surface area contributed by atoms with E-state index < -0.39 is 35.7 Å². The molecule has 2 amide bonds. The van der Waals surface area contributed by atoms with Gasteiger partial charge in [0.15, 0.2) is 5.78 Å². The van der Waals surface area contributed by atoms with Crippen LogP contribution >= 0.6 is 22.9 Å². The molecule has 1 aromatic heterocycles. The summed E-state index contributed by atoms with van der Waals surface area (Å²) in [5.41, 5.74) is -3.51. The summed E-state index contributed by atoms with van der Waals surface area (Å²) < 4.78 is 40.9. The number of benzene rings is 1. The van der Waals surface area contributed by atoms with Crippen LogP contribution in [0.25, 0.3) is 0 Å². The van der Waals surface area contributed by atoms with Crippen molar-refractivity contribution >= 4 is 34.8 Å². The van der Waals surface area contributed by atoms with Crippen molar-refractivity contribution in [3.8, 4) is 0 Å². The molecule has 2 aromatic rings. The van der Waals surface area contributed by atoms with E-state index in [0.717, 1.165) is 11.3 Å². The van der Waals surface area contributed by atoms with Crippen molar-refractivity contribution in [2.24, 2.45) is 5.92 Å². The van der Waals surface area contributed by atoms with Crippen LogP contribution in [0.15, 0.2) is 41.8 Å². The fourth-order valence-corrected chi connectivity index (χ4v) is 3.69. The number of carbonyl (C=O) groups excluding carboxylic acids is 2. The molecule has 0 bridgehead atoms. The quantitative estimate of drug-likeness (QED) is 0.685. The Bertz CT molecular complexity index is 826. The van der Waals surface area contributed by atoms with Gasteiger partial charge in [0.1, 0.15) is 5.92 Å². The number of thiophene rings is 1. The van der Waals surface area contributed by atoms with E-state index in [1.807, 2.05) is 0 Å². The number of rotatable bonds is 3. The molecule has 5 nitrogen and oxygen atoms in total. The second-order valence-corrected chi connectivity index (χ2v) is 7.10. The molecule has 0 saturated carbocycles. The Kier molecular flexibility index (Phi) is 4.72. The van der Waals surface area contributed by atoms with Gasteiger partial charge in [0.2, 0.25) is 5.72 Å². The van der Waals surface area contributed by atoms with Crippen LogP contribution in [0.5, 0.6) is 0 Å². The van der Waals surface area contributed by atoms with Crippen LogP contribution in [0.3, 0.4) is 0 Å². The average Bonchev–Trinajstić information content (AvgIpc) is 3.08. The molecule has 0 aliphatic carbocycles. The Morgan fingerprint density at radius 3 is 2.42 bits per heavy atom. The lowest BCUT2D eigenvalue weighted by molar-refractivity contribution is -0.287. The molecule has 0 radical (unpaired) electrons. The number of hydrogen-bond acceptors (Lipinski definition) is 4. The Morgan fingerprint density at radius 2 is 1.88 bits per heavy atom. The van der Waals surface area contributed by atoms with Gasteiger partial charge in [-0.15, -0.1) is 11.3 Å². The minimum atomic E-state index is -5.27. The van der Waals surface area contributed by atoms with Gasteiger partial charge in [0.25, 0.3) is 0 Å². The highest BCUT2D eigenvalue weighted by Crippen LogP contribution is 2.44. The first-order chi connectivity index (χ1) is 12.1. The number of carbonyl (C=O) groups is 2. The highest BCUT2D eigenvalue weighted by Gasteiger charge is 2.66. The number of amides is 2. The molecule has 1 aliphatic heterocycles. The number of ketones is 1. The maximum Gasteiger partial charge on any atom is 0.437 e. The van der Waals surface area contributed by atoms with E-state index >= 15 is 0 Å². The molecular formula is C16H12ClF3N2O3S. The van der Waals surface area contributed by atoms with E-state index in [4.69, 9.17) is 11.6 Å². The summed E-state index contributed by atoms with van der Waals surface area (Å²) in [6.45, 7) is 0. The lowest BCUT2D eigenvalue weighted by atomic mass is 9.78. The van der Waals surface area contributed by atoms with E-state index in [1.165, 1.54) is 47.1 Å². The average molecular weight is 405 g/mol. The Hall–Kier alpha value is -2.10. The minimum Gasteiger partial charge on any atom is -0.363 e. The van der Waals surface area contributed by atoms with Crippen molar-refractivity contribution < 1.29 is 27.9 Å². The van der Waals surface area contributed by atoms with Gasteiger partial charge in [-0.2, -0.15) is 13.2 Å². The van der Waals surface area contributed by atoms with Crippen LogP contribution in [0, 0.1) is 5.92 Å². The molecular weight excluding hydrogens is 393 g/mol. The Morgan fingerprint density at radius 1 is 1.23 bits per heavy atom. The summed E-state index contributed by atoms with van der Waals surface area (Å²) in [4.78, 5) is 24.7. The Balaban J connectivity index is 2.14. The number of urea groups is 1. The van der Waals surface area contributed by atoms with Gasteiger partial charge in [-0.1, -0.05) is 29.8 Å². The van der Waals surface area contributed by atoms with Crippen molar-refractivity contribution in [2.45, 2.75) is 17.9 Å². The van der Waals surface area contributed by atoms with Gasteiger partial charge in [-0.05, 0) is 29.1 Å². The number of nitrogens with one attached hydrogen (secondary N) is 2. The summed E-state index contributed by atoms with van der Waals surface area (Å²) in [6, 6.07) is 5.86. The normalized spacial score (nSPS) is 26.1. The van der Waals surface area contributed by atoms with Crippen molar-refractivity contribution in [3.63, 3.8) is 0 Å². The zero-order valence-corrected chi connectivity index (χ0v) is 14.5. The maximum atomic E-state index is 13.6. The third kappa shape index (κ3) is 3.17. The summed E-state index contributed by atoms with van der Waals surface area (Å²) in [7, 11) is 0. The first-order valence-electron chi connectivity index (χ1n) is 7.34. The standard InChI is InChI=1S/C16H12ClF3N2O3S/c17-9-5-3-8(4-6-9)12-11(13(23)10-2-1-7-26-10)15(25,16(18,19)20)22-14(24)21-12/h1-7,11-12,25H,(H2,21,22,24)/t11-,12+,15-/m1/s1. The number of aliphatic hydroxyl groups is 1. The van der Waals surface area contributed by atoms with E-state index in [-0.39, 0.29) is 10.4 Å². The predicted octanol–water partition coefficient (Wildman–Crippen LogP) is 3.51. The van der Waals surface area contributed by atoms with Gasteiger partial charge in [-0.25, -0.2) is 4.79 Å². The van der Waals surface area contributed by atoms with Crippen LogP contribution < -0.4 is 10.6 Å². The topological polar surface area (TPSA) is 78.4 Å². The fourth-order valence-electron chi connectivity index (χ4n) is 2.86. The van der Waals surface area contributed by atoms with Crippen molar-refractivity contribution in [3.05, 3.63) is 57.2 Å². The van der Waals surface area contributed by atoms with Crippen LogP contribution in [-0.2, 0) is 0 Å². The second kappa shape index (κ2) is 6.57. The van der Waals surface area contributed by atoms with Crippen LogP contribution in [0.2, 0.25) is 5.02 Å². The van der Waals surface area contributed by atoms with E-state index in [2.05, 4.69) is 5.32 Å². The van der Waals surface area contributed by atoms with Crippen LogP contribution in [-0.4, -0.2) is 28.8 Å². The molecule has 26 heavy (non-hydrogen) atoms. The third-order valence-electron chi connectivity index (χ3n) is 4.08. The van der Waals surface area contributed by atoms with Gasteiger partial charge in [0, 0.05) is 5.02 Å². The van der Waals surface area contributed by atoms with Crippen molar-refractivity contribution in [1.82, 2.24) is 10.6 Å². The number of hydrogen-bond donors (Lipinski definition) is 3. The van der Waals surface area contributed by atoms with Crippen LogP contribution in [0.1, 0.15) is 21.3 Å². The SMILES string of the molecule is O=C1N[C@@H](c2ccc(Cl)cc2)[C@H](C(=O)c2cccs2)[C@@](O)(C(F)(F)F)N1. The zero-order chi connectivity index (χ0) is 19.1. The number of halogens is 4. The lowest BCUT2D eigenvalue weighted by Gasteiger charge is -2.44. The highest BCUT2D eigenvalue weighted by molar-refractivity contribution is 7.12. The molecule has 3 atom stereocenters. The minimum absolute atomic E-state index is 0.0367. The molecule has 3 rings (SSSR count). The monoisotopic (exact) mass is 404 g/mol. The number of alkyl halides is 3. The molecule has 1 fully saturated rings. The van der Waals surface area contributed by atoms with Gasteiger partial charge >= 0.3 is 12.2 Å². The summed E-state index contributed by atoms with van der Waals surface area (Å²) in [5, 5.41) is 16.0. The van der Waals surface area contributed by atoms with Gasteiger partial charge in [0.05, 0.1) is 10.9 Å². The van der Waals surface area contributed by atoms with Crippen molar-refractivity contribution in [1.29, 1.82) is 0 Å². The highest BCUT2D eigenvalue weighted by atomic mass is 35.5. The first kappa shape index (κ1) is 18.7. The van der Waals surface area contributed by atoms with Gasteiger partial charge < -0.3 is 15.7 Å². The summed E-state index contributed by atoms with van der Waals surface area (Å²) in [6.07, 6.45) is -5.27. The van der Waals surface area contributed by atoms with Crippen LogP contribution in [0.4, 0.5) is 18.0 Å². The molecule has 0 unspecified atom stereocenters. The molecule has 10 heteroatoms. The van der Waals surface area contributed by atoms with E-state index in [1.54, 1.807) is 0 Å². The van der Waals surface area contributed by atoms with E-state index in [9.17, 15) is 27.9 Å². The molecule has 1 aromatic carbocycles. The third-order valence-corrected chi connectivity index (χ3v) is 5.22. The summed E-state index contributed by atoms with van der Waals surface area (Å²) >= 11 is 6.74. The smallest absolute Gasteiger partial charge is 0.363 e. The Labute approximate surface area is 154 Å². The van der Waals surface area contributed by atoms with Gasteiger partial charge in [-0.3, -0.25) is 4.79 Å². The maximum absolute atomic E-state index is 13.6.